The van der Waals surface area contributed by atoms with Crippen molar-refractivity contribution in [2.75, 3.05) is 5.32 Å². The first kappa shape index (κ1) is 18.0. The number of nitrogens with zero attached hydrogens (tertiary/aromatic N) is 2. The smallest absolute Gasteiger partial charge is 0.322 e. The van der Waals surface area contributed by atoms with Gasteiger partial charge in [0.05, 0.1) is 17.4 Å². The van der Waals surface area contributed by atoms with Gasteiger partial charge < -0.3 is 5.32 Å². The molecule has 0 atom stereocenters. The van der Waals surface area contributed by atoms with Crippen LogP contribution in [0.25, 0.3) is 5.69 Å². The largest absolute Gasteiger partial charge is 0.434 e. The second kappa shape index (κ2) is 6.84. The molecule has 3 aromatic rings. The molecule has 0 saturated heterocycles. The van der Waals surface area contributed by atoms with Crippen molar-refractivity contribution in [1.29, 1.82) is 0 Å². The molecule has 0 aliphatic carbocycles. The molecule has 0 aliphatic rings. The number of carbonyl (C=O) groups excluding carboxylic acids is 1. The predicted molar refractivity (Wildman–Crippen MR) is 92.7 cm³/mol. The Kier molecular flexibility index (Phi) is 4.73. The lowest BCUT2D eigenvalue weighted by molar-refractivity contribution is -0.143. The zero-order chi connectivity index (χ0) is 18.9. The van der Waals surface area contributed by atoms with Crippen molar-refractivity contribution in [3.8, 4) is 5.69 Å². The molecule has 1 aromatic heterocycles. The number of rotatable bonds is 3. The minimum absolute atomic E-state index is 0.149. The molecule has 26 heavy (non-hydrogen) atoms. The summed E-state index contributed by atoms with van der Waals surface area (Å²) in [6.45, 7) is 1.86. The highest BCUT2D eigenvalue weighted by Gasteiger charge is 2.40. The van der Waals surface area contributed by atoms with Gasteiger partial charge >= 0.3 is 6.18 Å². The minimum Gasteiger partial charge on any atom is -0.322 e. The summed E-state index contributed by atoms with van der Waals surface area (Å²) in [7, 11) is 0. The van der Waals surface area contributed by atoms with E-state index in [2.05, 4.69) is 10.4 Å². The number of amides is 1. The summed E-state index contributed by atoms with van der Waals surface area (Å²) in [6.07, 6.45) is -3.86. The van der Waals surface area contributed by atoms with Crippen molar-refractivity contribution in [3.05, 3.63) is 76.6 Å². The molecule has 1 amide bonds. The molecular weight excluding hydrogens is 367 g/mol. The van der Waals surface area contributed by atoms with Crippen LogP contribution < -0.4 is 5.32 Å². The molecule has 0 spiro atoms. The van der Waals surface area contributed by atoms with Crippen LogP contribution in [0.5, 0.6) is 0 Å². The zero-order valence-electron chi connectivity index (χ0n) is 13.5. The molecule has 1 N–H and O–H groups in total. The topological polar surface area (TPSA) is 46.9 Å². The van der Waals surface area contributed by atoms with E-state index in [1.54, 1.807) is 24.3 Å². The van der Waals surface area contributed by atoms with Gasteiger partial charge in [-0.25, -0.2) is 4.68 Å². The first-order valence-corrected chi connectivity index (χ1v) is 7.92. The number of anilines is 1. The van der Waals surface area contributed by atoms with Gasteiger partial charge in [0.25, 0.3) is 5.91 Å². The molecule has 0 unspecified atom stereocenters. The van der Waals surface area contributed by atoms with Crippen molar-refractivity contribution in [3.63, 3.8) is 0 Å². The summed E-state index contributed by atoms with van der Waals surface area (Å²) in [5.41, 5.74) is -0.198. The normalized spacial score (nSPS) is 11.4. The van der Waals surface area contributed by atoms with Gasteiger partial charge in [-0.1, -0.05) is 29.3 Å². The average Bonchev–Trinajstić information content (AvgIpc) is 3.03. The maximum Gasteiger partial charge on any atom is 0.434 e. The maximum atomic E-state index is 13.6. The van der Waals surface area contributed by atoms with Gasteiger partial charge in [0, 0.05) is 10.7 Å². The van der Waals surface area contributed by atoms with E-state index in [4.69, 9.17) is 11.6 Å². The molecule has 8 heteroatoms. The molecule has 2 aromatic carbocycles. The Bertz CT molecular complexity index is 932. The standard InChI is InChI=1S/C18H13ClF3N3O/c1-11-2-6-13(7-3-11)24-17(26)15-10-23-25(16(15)18(20,21)22)14-8-4-12(19)5-9-14/h2-10H,1H3,(H,24,26). The van der Waals surface area contributed by atoms with Gasteiger partial charge in [0.1, 0.15) is 0 Å². The molecule has 1 heterocycles. The van der Waals surface area contributed by atoms with Crippen LogP contribution in [-0.4, -0.2) is 15.7 Å². The van der Waals surface area contributed by atoms with Crippen LogP contribution >= 0.6 is 11.6 Å². The molecule has 0 fully saturated rings. The fourth-order valence-corrected chi connectivity index (χ4v) is 2.53. The van der Waals surface area contributed by atoms with Crippen LogP contribution in [0.2, 0.25) is 5.02 Å². The highest BCUT2D eigenvalue weighted by molar-refractivity contribution is 6.30. The summed E-state index contributed by atoms with van der Waals surface area (Å²) in [5.74, 6) is -0.888. The Labute approximate surface area is 152 Å². The fourth-order valence-electron chi connectivity index (χ4n) is 2.40. The van der Waals surface area contributed by atoms with Crippen LogP contribution in [0.4, 0.5) is 18.9 Å². The van der Waals surface area contributed by atoms with Crippen molar-refractivity contribution in [2.24, 2.45) is 0 Å². The maximum absolute atomic E-state index is 13.6. The summed E-state index contributed by atoms with van der Waals surface area (Å²) in [6, 6.07) is 12.4. The summed E-state index contributed by atoms with van der Waals surface area (Å²) < 4.78 is 41.5. The molecule has 3 rings (SSSR count). The highest BCUT2D eigenvalue weighted by Crippen LogP contribution is 2.34. The first-order valence-electron chi connectivity index (χ1n) is 7.55. The van der Waals surface area contributed by atoms with E-state index in [1.165, 1.54) is 24.3 Å². The molecule has 4 nitrogen and oxygen atoms in total. The summed E-state index contributed by atoms with van der Waals surface area (Å²) in [4.78, 5) is 12.4. The van der Waals surface area contributed by atoms with Crippen molar-refractivity contribution >= 4 is 23.2 Å². The number of hydrogen-bond donors (Lipinski definition) is 1. The van der Waals surface area contributed by atoms with Crippen molar-refractivity contribution in [2.45, 2.75) is 13.1 Å². The van der Waals surface area contributed by atoms with Gasteiger partial charge in [-0.15, -0.1) is 0 Å². The molecular formula is C18H13ClF3N3O. The van der Waals surface area contributed by atoms with E-state index >= 15 is 0 Å². The van der Waals surface area contributed by atoms with Gasteiger partial charge in [0.15, 0.2) is 5.69 Å². The van der Waals surface area contributed by atoms with Gasteiger partial charge in [-0.2, -0.15) is 18.3 Å². The highest BCUT2D eigenvalue weighted by atomic mass is 35.5. The third-order valence-corrected chi connectivity index (χ3v) is 3.91. The Balaban J connectivity index is 2.00. The third-order valence-electron chi connectivity index (χ3n) is 3.66. The van der Waals surface area contributed by atoms with Crippen LogP contribution in [-0.2, 0) is 6.18 Å². The molecule has 0 aliphatic heterocycles. The molecule has 134 valence electrons. The first-order chi connectivity index (χ1) is 12.3. The molecule has 0 radical (unpaired) electrons. The van der Waals surface area contributed by atoms with Crippen molar-refractivity contribution in [1.82, 2.24) is 9.78 Å². The lowest BCUT2D eigenvalue weighted by Gasteiger charge is -2.13. The van der Waals surface area contributed by atoms with E-state index in [0.29, 0.717) is 15.4 Å². The van der Waals surface area contributed by atoms with E-state index in [1.807, 2.05) is 6.92 Å². The van der Waals surface area contributed by atoms with E-state index in [-0.39, 0.29) is 5.69 Å². The Morgan fingerprint density at radius 2 is 1.69 bits per heavy atom. The Morgan fingerprint density at radius 3 is 2.27 bits per heavy atom. The molecule has 0 saturated carbocycles. The number of benzene rings is 2. The van der Waals surface area contributed by atoms with Crippen LogP contribution in [0.1, 0.15) is 21.6 Å². The Hall–Kier alpha value is -2.80. The second-order valence-electron chi connectivity index (χ2n) is 5.61. The van der Waals surface area contributed by atoms with Gasteiger partial charge in [0.2, 0.25) is 0 Å². The number of aryl methyl sites for hydroxylation is 1. The minimum atomic E-state index is -4.77. The van der Waals surface area contributed by atoms with E-state index < -0.39 is 23.3 Å². The number of hydrogen-bond acceptors (Lipinski definition) is 2. The summed E-state index contributed by atoms with van der Waals surface area (Å²) >= 11 is 5.77. The number of nitrogens with one attached hydrogen (secondary N) is 1. The van der Waals surface area contributed by atoms with Crippen LogP contribution in [0.3, 0.4) is 0 Å². The van der Waals surface area contributed by atoms with E-state index in [0.717, 1.165) is 11.8 Å². The lowest BCUT2D eigenvalue weighted by atomic mass is 10.2. The third kappa shape index (κ3) is 3.72. The number of alkyl halides is 3. The van der Waals surface area contributed by atoms with E-state index in [9.17, 15) is 18.0 Å². The monoisotopic (exact) mass is 379 g/mol. The number of aromatic nitrogens is 2. The fraction of sp³-hybridized carbons (Fsp3) is 0.111. The SMILES string of the molecule is Cc1ccc(NC(=O)c2cnn(-c3ccc(Cl)cc3)c2C(F)(F)F)cc1. The van der Waals surface area contributed by atoms with Gasteiger partial charge in [-0.3, -0.25) is 4.79 Å². The molecule has 0 bridgehead atoms. The lowest BCUT2D eigenvalue weighted by Crippen LogP contribution is -2.20. The quantitative estimate of drug-likeness (QED) is 0.687. The predicted octanol–water partition coefficient (Wildman–Crippen LogP) is 5.11. The number of halogens is 4. The average molecular weight is 380 g/mol. The second-order valence-corrected chi connectivity index (χ2v) is 6.05. The van der Waals surface area contributed by atoms with Gasteiger partial charge in [-0.05, 0) is 43.3 Å². The van der Waals surface area contributed by atoms with Crippen molar-refractivity contribution < 1.29 is 18.0 Å². The summed E-state index contributed by atoms with van der Waals surface area (Å²) in [5, 5.41) is 6.59. The Morgan fingerprint density at radius 1 is 1.08 bits per heavy atom. The zero-order valence-corrected chi connectivity index (χ0v) is 14.3. The number of carbonyl (C=O) groups is 1. The van der Waals surface area contributed by atoms with Crippen LogP contribution in [0, 0.1) is 6.92 Å². The van der Waals surface area contributed by atoms with Crippen LogP contribution in [0.15, 0.2) is 54.7 Å².